The van der Waals surface area contributed by atoms with Gasteiger partial charge in [-0.15, -0.1) is 0 Å². The van der Waals surface area contributed by atoms with Crippen LogP contribution >= 0.6 is 0 Å². The van der Waals surface area contributed by atoms with Crippen LogP contribution < -0.4 is 16.2 Å². The van der Waals surface area contributed by atoms with Gasteiger partial charge < -0.3 is 31.0 Å². The van der Waals surface area contributed by atoms with Gasteiger partial charge in [-0.3, -0.25) is 0 Å². The topological polar surface area (TPSA) is 145 Å². The largest absolute Gasteiger partial charge is 0.493 e. The van der Waals surface area contributed by atoms with Gasteiger partial charge in [0.25, 0.3) is 0 Å². The summed E-state index contributed by atoms with van der Waals surface area (Å²) in [7, 11) is 0. The Bertz CT molecular complexity index is 1300. The Morgan fingerprint density at radius 1 is 1.15 bits per heavy atom. The molecule has 3 aliphatic rings. The van der Waals surface area contributed by atoms with E-state index in [0.717, 1.165) is 53.7 Å². The first-order chi connectivity index (χ1) is 16.4. The maximum Gasteiger partial charge on any atom is 0.146 e. The lowest BCUT2D eigenvalue weighted by Gasteiger charge is -2.21. The smallest absolute Gasteiger partial charge is 0.146 e. The minimum atomic E-state index is -0.917. The highest BCUT2D eigenvalue weighted by atomic mass is 16.5. The number of aryl methyl sites for hydroxylation is 1. The number of anilines is 1. The summed E-state index contributed by atoms with van der Waals surface area (Å²) in [4.78, 5) is 13.2. The van der Waals surface area contributed by atoms with Crippen molar-refractivity contribution < 1.29 is 14.9 Å². The highest BCUT2D eigenvalue weighted by molar-refractivity contribution is 5.91. The lowest BCUT2D eigenvalue weighted by Crippen LogP contribution is -2.31. The number of rotatable bonds is 4. The first-order valence-corrected chi connectivity index (χ1v) is 12.0. The molecule has 0 saturated heterocycles. The van der Waals surface area contributed by atoms with Gasteiger partial charge in [0, 0.05) is 23.6 Å². The van der Waals surface area contributed by atoms with E-state index >= 15 is 0 Å². The molecule has 2 aliphatic carbocycles. The Morgan fingerprint density at radius 3 is 2.85 bits per heavy atom. The molecule has 0 bridgehead atoms. The number of aliphatic hydroxyl groups excluding tert-OH is 2. The van der Waals surface area contributed by atoms with Crippen molar-refractivity contribution in [1.82, 2.24) is 14.5 Å². The van der Waals surface area contributed by atoms with E-state index < -0.39 is 12.2 Å². The zero-order valence-electron chi connectivity index (χ0n) is 19.2. The van der Waals surface area contributed by atoms with Crippen LogP contribution in [0.3, 0.4) is 0 Å². The van der Waals surface area contributed by atoms with E-state index in [2.05, 4.69) is 26.5 Å². The fourth-order valence-electron chi connectivity index (χ4n) is 5.93. The molecule has 1 unspecified atom stereocenters. The van der Waals surface area contributed by atoms with Gasteiger partial charge in [0.15, 0.2) is 0 Å². The van der Waals surface area contributed by atoms with E-state index in [1.807, 2.05) is 18.2 Å². The van der Waals surface area contributed by atoms with E-state index in [1.165, 1.54) is 11.9 Å². The molecular formula is C25H30N6O3. The number of nitrogens with zero attached hydrogens (tertiary/aromatic N) is 4. The Balaban J connectivity index is 1.24. The van der Waals surface area contributed by atoms with Crippen LogP contribution in [0.1, 0.15) is 42.6 Å². The molecule has 1 fully saturated rings. The van der Waals surface area contributed by atoms with E-state index in [9.17, 15) is 10.2 Å². The van der Waals surface area contributed by atoms with Crippen LogP contribution in [-0.2, 0) is 19.3 Å². The summed E-state index contributed by atoms with van der Waals surface area (Å²) in [6, 6.07) is 5.56. The fourth-order valence-corrected chi connectivity index (χ4v) is 5.93. The maximum atomic E-state index is 11.0. The number of amidine groups is 1. The number of fused-ring (bicyclic) bond motifs is 4. The average Bonchev–Trinajstić information content (AvgIpc) is 3.48. The molecule has 6 N–H and O–H groups in total. The molecule has 3 heterocycles. The number of benzene rings is 1. The maximum absolute atomic E-state index is 11.0. The van der Waals surface area contributed by atoms with Crippen molar-refractivity contribution in [1.29, 1.82) is 0 Å². The molecule has 5 atom stereocenters. The Morgan fingerprint density at radius 2 is 2.00 bits per heavy atom. The van der Waals surface area contributed by atoms with Gasteiger partial charge in [-0.1, -0.05) is 13.0 Å². The van der Waals surface area contributed by atoms with Crippen molar-refractivity contribution in [3.05, 3.63) is 41.3 Å². The first-order valence-electron chi connectivity index (χ1n) is 12.0. The van der Waals surface area contributed by atoms with Crippen molar-refractivity contribution in [2.45, 2.75) is 57.3 Å². The summed E-state index contributed by atoms with van der Waals surface area (Å²) in [6.45, 7) is 2.36. The molecule has 34 heavy (non-hydrogen) atoms. The quantitative estimate of drug-likeness (QED) is 0.464. The van der Waals surface area contributed by atoms with Gasteiger partial charge >= 0.3 is 0 Å². The van der Waals surface area contributed by atoms with Crippen LogP contribution in [0.5, 0.6) is 5.75 Å². The molecule has 9 heteroatoms. The molecule has 2 aromatic heterocycles. The van der Waals surface area contributed by atoms with Crippen LogP contribution in [-0.4, -0.2) is 49.4 Å². The predicted octanol–water partition coefficient (Wildman–Crippen LogP) is 2.04. The molecule has 6 rings (SSSR count). The summed E-state index contributed by atoms with van der Waals surface area (Å²) < 4.78 is 8.16. The van der Waals surface area contributed by atoms with Crippen LogP contribution in [0, 0.1) is 11.8 Å². The number of nitrogen functional groups attached to an aromatic ring is 1. The minimum Gasteiger partial charge on any atom is -0.493 e. The summed E-state index contributed by atoms with van der Waals surface area (Å²) in [5, 5.41) is 22.8. The second-order valence-electron chi connectivity index (χ2n) is 9.89. The van der Waals surface area contributed by atoms with Gasteiger partial charge in [0.05, 0.1) is 29.8 Å². The van der Waals surface area contributed by atoms with Crippen molar-refractivity contribution in [2.24, 2.45) is 22.6 Å². The fraction of sp³-hybridized carbons (Fsp3) is 0.480. The van der Waals surface area contributed by atoms with Crippen molar-refractivity contribution in [3.8, 4) is 5.75 Å². The lowest BCUT2D eigenvalue weighted by atomic mass is 9.96. The molecular weight excluding hydrogens is 432 g/mol. The molecule has 3 aromatic rings. The molecule has 0 amide bonds. The van der Waals surface area contributed by atoms with Crippen LogP contribution in [0.2, 0.25) is 0 Å². The van der Waals surface area contributed by atoms with Gasteiger partial charge in [0.2, 0.25) is 0 Å². The number of ether oxygens (including phenoxy) is 1. The Labute approximate surface area is 197 Å². The standard InChI is InChI=1S/C25H30N6O3/c1-12-7-13-5-6-15(9-17(13)30-23(12)26)34-10-14-8-19(22(33)21(14)32)31-18-4-2-3-16(18)20-24(27)28-11-29-25(20)31/h5-6,9,11-12,14,19,21-22,32-33H,2-4,7-8,10H2,1H3,(H2,26,30)(H2,27,28,29)/t12?,14-,19-,21-,22+/m1/s1. The molecule has 1 saturated carbocycles. The number of hydrogen-bond acceptors (Lipinski definition) is 8. The lowest BCUT2D eigenvalue weighted by molar-refractivity contribution is -0.00166. The molecule has 178 valence electrons. The highest BCUT2D eigenvalue weighted by Gasteiger charge is 2.45. The van der Waals surface area contributed by atoms with E-state index in [0.29, 0.717) is 30.4 Å². The third kappa shape index (κ3) is 3.25. The van der Waals surface area contributed by atoms with Crippen LogP contribution in [0.4, 0.5) is 11.5 Å². The van der Waals surface area contributed by atoms with Crippen LogP contribution in [0.25, 0.3) is 11.0 Å². The predicted molar refractivity (Wildman–Crippen MR) is 129 cm³/mol. The third-order valence-electron chi connectivity index (χ3n) is 7.77. The SMILES string of the molecule is CC1Cc2ccc(OC[C@H]3C[C@@H](n4c5c(c6c(N)ncnc64)CCC5)[C@H](O)[C@@H]3O)cc2N=C1N. The van der Waals surface area contributed by atoms with E-state index in [1.54, 1.807) is 0 Å². The van der Waals surface area contributed by atoms with Gasteiger partial charge in [-0.25, -0.2) is 15.0 Å². The minimum absolute atomic E-state index is 0.224. The van der Waals surface area contributed by atoms with Crippen molar-refractivity contribution in [3.63, 3.8) is 0 Å². The molecule has 1 aromatic carbocycles. The van der Waals surface area contributed by atoms with Crippen molar-refractivity contribution in [2.75, 3.05) is 12.3 Å². The summed E-state index contributed by atoms with van der Waals surface area (Å²) >= 11 is 0. The number of aliphatic hydroxyl groups is 2. The molecule has 0 spiro atoms. The van der Waals surface area contributed by atoms with E-state index in [4.69, 9.17) is 16.2 Å². The highest BCUT2D eigenvalue weighted by Crippen LogP contribution is 2.43. The molecule has 0 radical (unpaired) electrons. The molecule has 9 nitrogen and oxygen atoms in total. The van der Waals surface area contributed by atoms with Crippen molar-refractivity contribution >= 4 is 28.4 Å². The Hall–Kier alpha value is -3.17. The van der Waals surface area contributed by atoms with Gasteiger partial charge in [0.1, 0.15) is 35.5 Å². The summed E-state index contributed by atoms with van der Waals surface area (Å²) in [6.07, 6.45) is 3.97. The van der Waals surface area contributed by atoms with E-state index in [-0.39, 0.29) is 17.9 Å². The zero-order chi connectivity index (χ0) is 23.6. The summed E-state index contributed by atoms with van der Waals surface area (Å²) in [5.41, 5.74) is 17.3. The number of hydrogen-bond donors (Lipinski definition) is 4. The second-order valence-corrected chi connectivity index (χ2v) is 9.89. The number of aliphatic imine (C=N–C) groups is 1. The normalized spacial score (nSPS) is 28.1. The first kappa shape index (κ1) is 21.4. The summed E-state index contributed by atoms with van der Waals surface area (Å²) in [5.74, 6) is 1.80. The Kier molecular flexibility index (Phi) is 5.00. The average molecular weight is 463 g/mol. The van der Waals surface area contributed by atoms with Gasteiger partial charge in [-0.2, -0.15) is 0 Å². The number of nitrogens with two attached hydrogens (primary N) is 2. The van der Waals surface area contributed by atoms with Gasteiger partial charge in [-0.05, 0) is 49.3 Å². The zero-order valence-corrected chi connectivity index (χ0v) is 19.2. The monoisotopic (exact) mass is 462 g/mol. The third-order valence-corrected chi connectivity index (χ3v) is 7.77. The molecule has 1 aliphatic heterocycles. The number of aromatic nitrogens is 3. The van der Waals surface area contributed by atoms with Crippen LogP contribution in [0.15, 0.2) is 29.5 Å². The second kappa shape index (κ2) is 7.95.